The van der Waals surface area contributed by atoms with Gasteiger partial charge >= 0.3 is 12.1 Å². The van der Waals surface area contributed by atoms with Crippen LogP contribution in [0.3, 0.4) is 0 Å². The zero-order valence-electron chi connectivity index (χ0n) is 13.3. The molecule has 0 heterocycles. The molecule has 0 unspecified atom stereocenters. The van der Waals surface area contributed by atoms with Gasteiger partial charge in [0.2, 0.25) is 6.41 Å². The Hall–Kier alpha value is -2.38. The van der Waals surface area contributed by atoms with Crippen molar-refractivity contribution in [2.75, 3.05) is 13.7 Å². The third-order valence-corrected chi connectivity index (χ3v) is 2.22. The van der Waals surface area contributed by atoms with Gasteiger partial charge in [-0.1, -0.05) is 12.7 Å². The molecule has 8 heteroatoms. The molecule has 22 heavy (non-hydrogen) atoms. The van der Waals surface area contributed by atoms with Crippen molar-refractivity contribution >= 4 is 24.4 Å². The second-order valence-electron chi connectivity index (χ2n) is 5.43. The minimum Gasteiger partial charge on any atom is -0.460 e. The lowest BCUT2D eigenvalue weighted by atomic mass is 10.1. The van der Waals surface area contributed by atoms with Gasteiger partial charge in [-0.05, 0) is 20.8 Å². The van der Waals surface area contributed by atoms with Crippen LogP contribution in [0.4, 0.5) is 4.79 Å². The highest BCUT2D eigenvalue weighted by molar-refractivity contribution is 5.94. The average molecular weight is 314 g/mol. The fraction of sp³-hybridized carbons (Fsp3) is 0.571. The molecule has 0 fully saturated rings. The van der Waals surface area contributed by atoms with Crippen LogP contribution in [0.2, 0.25) is 0 Å². The molecule has 8 nitrogen and oxygen atoms in total. The van der Waals surface area contributed by atoms with Crippen LogP contribution in [0, 0.1) is 0 Å². The van der Waals surface area contributed by atoms with Gasteiger partial charge in [0, 0.05) is 7.05 Å². The summed E-state index contributed by atoms with van der Waals surface area (Å²) in [6.07, 6.45) is 0.307. The lowest BCUT2D eigenvalue weighted by Crippen LogP contribution is -2.48. The van der Waals surface area contributed by atoms with Crippen molar-refractivity contribution in [3.05, 3.63) is 12.7 Å². The van der Waals surface area contributed by atoms with Crippen LogP contribution >= 0.6 is 0 Å². The number of carbonyl (C=O) groups is 4. The minimum atomic E-state index is -1.26. The van der Waals surface area contributed by atoms with Crippen LogP contribution in [0.25, 0.3) is 0 Å². The Morgan fingerprint density at radius 3 is 2.36 bits per heavy atom. The number of alkyl carbamates (subject to hydrolysis) is 1. The van der Waals surface area contributed by atoms with Gasteiger partial charge in [-0.2, -0.15) is 0 Å². The van der Waals surface area contributed by atoms with Gasteiger partial charge in [0.05, 0.1) is 6.42 Å². The fourth-order valence-corrected chi connectivity index (χ4v) is 1.37. The smallest absolute Gasteiger partial charge is 0.408 e. The molecule has 0 spiro atoms. The summed E-state index contributed by atoms with van der Waals surface area (Å²) in [4.78, 5) is 46.7. The minimum absolute atomic E-state index is 0.0529. The number of amides is 3. The predicted molar refractivity (Wildman–Crippen MR) is 77.8 cm³/mol. The predicted octanol–water partition coefficient (Wildman–Crippen LogP) is 0.614. The second kappa shape index (κ2) is 8.81. The Morgan fingerprint density at radius 2 is 1.91 bits per heavy atom. The van der Waals surface area contributed by atoms with Crippen molar-refractivity contribution in [1.29, 1.82) is 0 Å². The number of rotatable bonds is 7. The molecule has 0 aliphatic carbocycles. The molecule has 0 aliphatic heterocycles. The molecule has 1 N–H and O–H groups in total. The molecule has 0 rings (SSSR count). The van der Waals surface area contributed by atoms with E-state index in [-0.39, 0.29) is 13.0 Å². The maximum absolute atomic E-state index is 12.0. The first-order chi connectivity index (χ1) is 10.1. The van der Waals surface area contributed by atoms with Crippen molar-refractivity contribution in [2.45, 2.75) is 38.8 Å². The van der Waals surface area contributed by atoms with E-state index < -0.39 is 36.0 Å². The molecule has 1 atom stereocenters. The molecule has 3 amide bonds. The highest BCUT2D eigenvalue weighted by Gasteiger charge is 2.29. The Kier molecular flexibility index (Phi) is 7.85. The molecule has 0 aliphatic rings. The molecule has 0 aromatic carbocycles. The standard InChI is InChI=1S/C14H22N2O6/c1-6-7-21-13(20)15-10(12(19)16(5)9-17)8-11(18)22-14(2,3)4/h6,9-10H,1,7-8H2,2-5H3,(H,15,20)/t10-/m0/s1. The molecule has 0 bridgehead atoms. The molecule has 0 aromatic rings. The first kappa shape index (κ1) is 19.6. The summed E-state index contributed by atoms with van der Waals surface area (Å²) in [6.45, 7) is 8.34. The number of esters is 1. The number of likely N-dealkylation sites (N-methyl/N-ethyl adjacent to an activating group) is 1. The number of imide groups is 1. The summed E-state index contributed by atoms with van der Waals surface area (Å²) in [5.74, 6) is -1.44. The number of hydrogen-bond donors (Lipinski definition) is 1. The van der Waals surface area contributed by atoms with Crippen molar-refractivity contribution in [1.82, 2.24) is 10.2 Å². The van der Waals surface area contributed by atoms with Crippen LogP contribution in [0.5, 0.6) is 0 Å². The number of nitrogens with zero attached hydrogens (tertiary/aromatic N) is 1. The first-order valence-corrected chi connectivity index (χ1v) is 6.58. The number of ether oxygens (including phenoxy) is 2. The Labute approximate surface area is 129 Å². The van der Waals surface area contributed by atoms with E-state index in [2.05, 4.69) is 16.6 Å². The molecule has 0 saturated heterocycles. The number of hydrogen-bond acceptors (Lipinski definition) is 6. The van der Waals surface area contributed by atoms with E-state index in [0.29, 0.717) is 0 Å². The lowest BCUT2D eigenvalue weighted by molar-refractivity contribution is -0.157. The maximum atomic E-state index is 12.0. The van der Waals surface area contributed by atoms with E-state index in [9.17, 15) is 19.2 Å². The van der Waals surface area contributed by atoms with Crippen molar-refractivity contribution in [3.8, 4) is 0 Å². The van der Waals surface area contributed by atoms with Crippen molar-refractivity contribution in [2.24, 2.45) is 0 Å². The molecular weight excluding hydrogens is 292 g/mol. The van der Waals surface area contributed by atoms with Crippen LogP contribution < -0.4 is 5.32 Å². The van der Waals surface area contributed by atoms with Crippen molar-refractivity contribution < 1.29 is 28.7 Å². The number of nitrogens with one attached hydrogen (secondary N) is 1. The Morgan fingerprint density at radius 1 is 1.32 bits per heavy atom. The maximum Gasteiger partial charge on any atom is 0.408 e. The van der Waals surface area contributed by atoms with Gasteiger partial charge in [0.1, 0.15) is 18.2 Å². The lowest BCUT2D eigenvalue weighted by Gasteiger charge is -2.23. The van der Waals surface area contributed by atoms with Crippen LogP contribution in [0.15, 0.2) is 12.7 Å². The molecule has 0 saturated carbocycles. The Balaban J connectivity index is 4.89. The summed E-state index contributed by atoms with van der Waals surface area (Å²) < 4.78 is 9.78. The van der Waals surface area contributed by atoms with Crippen molar-refractivity contribution in [3.63, 3.8) is 0 Å². The summed E-state index contributed by atoms with van der Waals surface area (Å²) in [5, 5.41) is 2.22. The topological polar surface area (TPSA) is 102 Å². The van der Waals surface area contributed by atoms with E-state index in [4.69, 9.17) is 4.74 Å². The van der Waals surface area contributed by atoms with Gasteiger partial charge in [0.25, 0.3) is 5.91 Å². The Bertz CT molecular complexity index is 441. The van der Waals surface area contributed by atoms with E-state index in [1.54, 1.807) is 20.8 Å². The SMILES string of the molecule is C=CCOC(=O)N[C@@H](CC(=O)OC(C)(C)C)C(=O)N(C)C=O. The normalized spacial score (nSPS) is 11.8. The van der Waals surface area contributed by atoms with Crippen LogP contribution in [-0.4, -0.2) is 54.6 Å². The van der Waals surface area contributed by atoms with E-state index in [0.717, 1.165) is 4.90 Å². The fourth-order valence-electron chi connectivity index (χ4n) is 1.37. The summed E-state index contributed by atoms with van der Waals surface area (Å²) in [7, 11) is 1.22. The van der Waals surface area contributed by atoms with Gasteiger partial charge in [-0.15, -0.1) is 0 Å². The third-order valence-electron chi connectivity index (χ3n) is 2.22. The summed E-state index contributed by atoms with van der Waals surface area (Å²) in [5.41, 5.74) is -0.732. The third kappa shape index (κ3) is 8.03. The van der Waals surface area contributed by atoms with Gasteiger partial charge in [-0.25, -0.2) is 4.79 Å². The first-order valence-electron chi connectivity index (χ1n) is 6.58. The van der Waals surface area contributed by atoms with E-state index in [1.807, 2.05) is 0 Å². The average Bonchev–Trinajstić information content (AvgIpc) is 2.40. The van der Waals surface area contributed by atoms with E-state index in [1.165, 1.54) is 13.1 Å². The van der Waals surface area contributed by atoms with E-state index >= 15 is 0 Å². The highest BCUT2D eigenvalue weighted by Crippen LogP contribution is 2.10. The number of carbonyl (C=O) groups excluding carboxylic acids is 4. The zero-order chi connectivity index (χ0) is 17.3. The monoisotopic (exact) mass is 314 g/mol. The highest BCUT2D eigenvalue weighted by atomic mass is 16.6. The van der Waals surface area contributed by atoms with Crippen LogP contribution in [0.1, 0.15) is 27.2 Å². The summed E-state index contributed by atoms with van der Waals surface area (Å²) >= 11 is 0. The summed E-state index contributed by atoms with van der Waals surface area (Å²) in [6, 6.07) is -1.26. The molecular formula is C14H22N2O6. The molecule has 0 aromatic heterocycles. The zero-order valence-corrected chi connectivity index (χ0v) is 13.3. The molecule has 0 radical (unpaired) electrons. The van der Waals surface area contributed by atoms with Gasteiger partial charge < -0.3 is 14.8 Å². The largest absolute Gasteiger partial charge is 0.460 e. The quantitative estimate of drug-likeness (QED) is 0.420. The van der Waals surface area contributed by atoms with Gasteiger partial charge in [-0.3, -0.25) is 19.3 Å². The van der Waals surface area contributed by atoms with Gasteiger partial charge in [0.15, 0.2) is 0 Å². The second-order valence-corrected chi connectivity index (χ2v) is 5.43. The van der Waals surface area contributed by atoms with Crippen LogP contribution in [-0.2, 0) is 23.9 Å². The molecule has 124 valence electrons.